The third-order valence-electron chi connectivity index (χ3n) is 3.00. The normalized spacial score (nSPS) is 11.5. The van der Waals surface area contributed by atoms with E-state index in [0.717, 1.165) is 0 Å². The summed E-state index contributed by atoms with van der Waals surface area (Å²) in [5.74, 6) is 0.775. The molecule has 0 radical (unpaired) electrons. The van der Waals surface area contributed by atoms with Gasteiger partial charge in [0.1, 0.15) is 9.52 Å². The highest BCUT2D eigenvalue weighted by Crippen LogP contribution is 2.40. The van der Waals surface area contributed by atoms with E-state index in [9.17, 15) is 18.0 Å². The van der Waals surface area contributed by atoms with Crippen molar-refractivity contribution < 1.29 is 23.1 Å². The first-order valence-electron chi connectivity index (χ1n) is 5.84. The second kappa shape index (κ2) is 5.59. The first kappa shape index (κ1) is 16.1. The molecule has 20 heavy (non-hydrogen) atoms. The zero-order chi connectivity index (χ0) is 15.7. The highest BCUT2D eigenvalue weighted by molar-refractivity contribution is 6.44. The Morgan fingerprint density at radius 1 is 1.30 bits per heavy atom. The maximum absolute atomic E-state index is 13.2. The van der Waals surface area contributed by atoms with Crippen molar-refractivity contribution in [2.75, 3.05) is 5.73 Å². The van der Waals surface area contributed by atoms with Crippen LogP contribution < -0.4 is 5.73 Å². The number of carbonyl (C=O) groups is 1. The van der Waals surface area contributed by atoms with Crippen LogP contribution in [0.3, 0.4) is 0 Å². The molecular formula is C13H14F3NO2Si. The Morgan fingerprint density at radius 2 is 1.85 bits per heavy atom. The molecule has 0 aromatic heterocycles. The van der Waals surface area contributed by atoms with Crippen LogP contribution in [0.25, 0.3) is 0 Å². The van der Waals surface area contributed by atoms with Gasteiger partial charge in [0.05, 0.1) is 22.4 Å². The lowest BCUT2D eigenvalue weighted by atomic mass is 9.90. The fraction of sp³-hybridized carbons (Fsp3) is 0.308. The summed E-state index contributed by atoms with van der Waals surface area (Å²) in [6.07, 6.45) is -4.82. The second-order valence-corrected chi connectivity index (χ2v) is 5.31. The molecule has 7 heteroatoms. The molecule has 108 valence electrons. The lowest BCUT2D eigenvalue weighted by Crippen LogP contribution is -2.19. The molecule has 0 aliphatic heterocycles. The molecule has 1 aromatic carbocycles. The largest absolute Gasteiger partial charge is 0.478 e. The van der Waals surface area contributed by atoms with Crippen molar-refractivity contribution in [3.8, 4) is 11.5 Å². The molecule has 0 heterocycles. The highest BCUT2D eigenvalue weighted by Gasteiger charge is 2.40. The van der Waals surface area contributed by atoms with Crippen molar-refractivity contribution in [1.29, 1.82) is 0 Å². The van der Waals surface area contributed by atoms with E-state index in [2.05, 4.69) is 11.5 Å². The van der Waals surface area contributed by atoms with Gasteiger partial charge in [-0.15, -0.1) is 5.54 Å². The first-order chi connectivity index (χ1) is 9.12. The van der Waals surface area contributed by atoms with Crippen LogP contribution in [-0.4, -0.2) is 20.6 Å². The summed E-state index contributed by atoms with van der Waals surface area (Å²) < 4.78 is 39.6. The van der Waals surface area contributed by atoms with Crippen molar-refractivity contribution in [2.45, 2.75) is 26.6 Å². The van der Waals surface area contributed by atoms with Gasteiger partial charge in [0.2, 0.25) is 0 Å². The van der Waals surface area contributed by atoms with E-state index in [0.29, 0.717) is 5.56 Å². The maximum atomic E-state index is 13.2. The molecule has 0 atom stereocenters. The number of rotatable bonds is 1. The molecule has 0 aliphatic carbocycles. The minimum absolute atomic E-state index is 0.0154. The number of nitrogen functional groups attached to an aromatic ring is 1. The van der Waals surface area contributed by atoms with Gasteiger partial charge in [-0.1, -0.05) is 12.5 Å². The van der Waals surface area contributed by atoms with Crippen LogP contribution in [0, 0.1) is 25.3 Å². The van der Waals surface area contributed by atoms with Gasteiger partial charge in [-0.25, -0.2) is 4.79 Å². The number of alkyl halides is 3. The molecule has 3 N–H and O–H groups in total. The van der Waals surface area contributed by atoms with Crippen LogP contribution in [0.5, 0.6) is 0 Å². The smallest absolute Gasteiger partial charge is 0.418 e. The van der Waals surface area contributed by atoms with E-state index < -0.39 is 38.4 Å². The van der Waals surface area contributed by atoms with Gasteiger partial charge in [-0.05, 0) is 25.0 Å². The van der Waals surface area contributed by atoms with Crippen molar-refractivity contribution in [3.05, 3.63) is 27.8 Å². The molecule has 0 saturated heterocycles. The van der Waals surface area contributed by atoms with Crippen LogP contribution in [0.1, 0.15) is 32.6 Å². The topological polar surface area (TPSA) is 63.3 Å². The molecule has 1 rings (SSSR count). The monoisotopic (exact) mass is 301 g/mol. The summed E-state index contributed by atoms with van der Waals surface area (Å²) in [6.45, 7) is 4.62. The summed E-state index contributed by atoms with van der Waals surface area (Å²) in [4.78, 5) is 11.2. The number of carboxylic acid groups (broad SMARTS) is 1. The van der Waals surface area contributed by atoms with E-state index in [1.54, 1.807) is 0 Å². The molecule has 1 aromatic rings. The molecule has 0 unspecified atom stereocenters. The van der Waals surface area contributed by atoms with Gasteiger partial charge in [0.25, 0.3) is 0 Å². The van der Waals surface area contributed by atoms with Gasteiger partial charge >= 0.3 is 12.1 Å². The standard InChI is InChI=1S/C13H14F3NO2Si/c1-6-7(2)11(17)8(4-5-20-3)10(13(14,15)16)9(6)12(18)19/h17,20H2,1-3H3,(H,18,19). The predicted octanol–water partition coefficient (Wildman–Crippen LogP) is 2.13. The number of carboxylic acids is 1. The Hall–Kier alpha value is -1.94. The zero-order valence-corrected chi connectivity index (χ0v) is 12.7. The number of hydrogen-bond donors (Lipinski definition) is 2. The Morgan fingerprint density at radius 3 is 2.25 bits per heavy atom. The minimum Gasteiger partial charge on any atom is -0.478 e. The average Bonchev–Trinajstić information content (AvgIpc) is 2.32. The average molecular weight is 301 g/mol. The molecular weight excluding hydrogens is 287 g/mol. The fourth-order valence-electron chi connectivity index (χ4n) is 1.88. The van der Waals surface area contributed by atoms with Gasteiger partial charge in [0, 0.05) is 0 Å². The Kier molecular flexibility index (Phi) is 4.50. The molecule has 0 amide bonds. The van der Waals surface area contributed by atoms with Crippen LogP contribution in [-0.2, 0) is 6.18 Å². The lowest BCUT2D eigenvalue weighted by Gasteiger charge is -2.19. The van der Waals surface area contributed by atoms with Crippen LogP contribution in [0.15, 0.2) is 0 Å². The van der Waals surface area contributed by atoms with Crippen molar-refractivity contribution in [3.63, 3.8) is 0 Å². The van der Waals surface area contributed by atoms with Crippen LogP contribution in [0.2, 0.25) is 6.55 Å². The summed E-state index contributed by atoms with van der Waals surface area (Å²) in [5.41, 5.74) is 6.14. The Labute approximate surface area is 116 Å². The SMILES string of the molecule is C[SiH2]C#Cc1c(N)c(C)c(C)c(C(=O)O)c1C(F)(F)F. The number of benzene rings is 1. The Bertz CT molecular complexity index is 627. The number of aromatic carboxylic acids is 1. The third kappa shape index (κ3) is 2.80. The van der Waals surface area contributed by atoms with E-state index in [4.69, 9.17) is 10.8 Å². The number of hydrogen-bond acceptors (Lipinski definition) is 2. The van der Waals surface area contributed by atoms with Crippen molar-refractivity contribution >= 4 is 21.2 Å². The van der Waals surface area contributed by atoms with Gasteiger partial charge in [-0.3, -0.25) is 0 Å². The van der Waals surface area contributed by atoms with E-state index in [1.807, 2.05) is 6.55 Å². The van der Waals surface area contributed by atoms with E-state index in [-0.39, 0.29) is 11.3 Å². The van der Waals surface area contributed by atoms with Crippen LogP contribution >= 0.6 is 0 Å². The minimum atomic E-state index is -4.82. The molecule has 0 spiro atoms. The van der Waals surface area contributed by atoms with Crippen molar-refractivity contribution in [2.24, 2.45) is 0 Å². The molecule has 0 fully saturated rings. The summed E-state index contributed by atoms with van der Waals surface area (Å²) >= 11 is 0. The number of anilines is 1. The third-order valence-corrected chi connectivity index (χ3v) is 3.53. The molecule has 0 bridgehead atoms. The number of halogens is 3. The number of nitrogens with two attached hydrogens (primary N) is 1. The predicted molar refractivity (Wildman–Crippen MR) is 73.6 cm³/mol. The lowest BCUT2D eigenvalue weighted by molar-refractivity contribution is -0.138. The Balaban J connectivity index is 3.96. The summed E-state index contributed by atoms with van der Waals surface area (Å²) in [7, 11) is -0.791. The van der Waals surface area contributed by atoms with Gasteiger partial charge in [0.15, 0.2) is 0 Å². The quantitative estimate of drug-likeness (QED) is 0.474. The second-order valence-electron chi connectivity index (χ2n) is 4.25. The first-order valence-corrected chi connectivity index (χ1v) is 7.97. The van der Waals surface area contributed by atoms with E-state index in [1.165, 1.54) is 13.8 Å². The highest BCUT2D eigenvalue weighted by atomic mass is 28.2. The maximum Gasteiger partial charge on any atom is 0.418 e. The van der Waals surface area contributed by atoms with Crippen LogP contribution in [0.4, 0.5) is 18.9 Å². The van der Waals surface area contributed by atoms with E-state index >= 15 is 0 Å². The molecule has 0 saturated carbocycles. The van der Waals surface area contributed by atoms with Gasteiger partial charge in [-0.2, -0.15) is 13.2 Å². The molecule has 0 aliphatic rings. The van der Waals surface area contributed by atoms with Gasteiger partial charge < -0.3 is 10.8 Å². The summed E-state index contributed by atoms with van der Waals surface area (Å²) in [5, 5.41) is 9.09. The summed E-state index contributed by atoms with van der Waals surface area (Å²) in [6, 6.07) is 0. The zero-order valence-electron chi connectivity index (χ0n) is 11.3. The van der Waals surface area contributed by atoms with Crippen molar-refractivity contribution in [1.82, 2.24) is 0 Å². The molecule has 3 nitrogen and oxygen atoms in total. The fourth-order valence-corrected chi connectivity index (χ4v) is 2.24.